The molecule has 0 aliphatic heterocycles. The summed E-state index contributed by atoms with van der Waals surface area (Å²) >= 11 is 0. The van der Waals surface area contributed by atoms with Gasteiger partial charge >= 0.3 is 0 Å². The van der Waals surface area contributed by atoms with Crippen LogP contribution in [0.3, 0.4) is 0 Å². The molecule has 1 heterocycles. The second-order valence-corrected chi connectivity index (χ2v) is 3.83. The van der Waals surface area contributed by atoms with E-state index in [9.17, 15) is 4.79 Å². The lowest BCUT2D eigenvalue weighted by atomic mass is 10.0. The predicted octanol–water partition coefficient (Wildman–Crippen LogP) is 2.29. The molecule has 17 heavy (non-hydrogen) atoms. The van der Waals surface area contributed by atoms with E-state index < -0.39 is 0 Å². The van der Waals surface area contributed by atoms with Crippen molar-refractivity contribution in [2.24, 2.45) is 0 Å². The van der Waals surface area contributed by atoms with Gasteiger partial charge in [0.1, 0.15) is 0 Å². The van der Waals surface area contributed by atoms with Crippen LogP contribution in [0.15, 0.2) is 42.7 Å². The number of hydrogen-bond acceptors (Lipinski definition) is 2. The van der Waals surface area contributed by atoms with E-state index in [0.717, 1.165) is 12.0 Å². The first kappa shape index (κ1) is 11.4. The van der Waals surface area contributed by atoms with Crippen molar-refractivity contribution < 1.29 is 4.79 Å². The first-order valence-electron chi connectivity index (χ1n) is 5.66. The molecule has 2 rings (SSSR count). The Morgan fingerprint density at radius 2 is 2.18 bits per heavy atom. The fourth-order valence-corrected chi connectivity index (χ4v) is 1.72. The first-order chi connectivity index (χ1) is 8.31. The fourth-order valence-electron chi connectivity index (χ4n) is 1.72. The highest BCUT2D eigenvalue weighted by atomic mass is 16.1. The van der Waals surface area contributed by atoms with Crippen LogP contribution in [0.25, 0.3) is 0 Å². The molecule has 1 aromatic carbocycles. The topological polar surface area (TPSA) is 57.8 Å². The molecule has 2 N–H and O–H groups in total. The average Bonchev–Trinajstić information content (AvgIpc) is 2.90. The SMILES string of the molecule is CCC(NC(=O)c1cn[nH]c1)c1ccccc1. The number of carbonyl (C=O) groups excluding carboxylic acids is 1. The van der Waals surface area contributed by atoms with Crippen molar-refractivity contribution in [1.82, 2.24) is 15.5 Å². The van der Waals surface area contributed by atoms with Crippen molar-refractivity contribution in [3.05, 3.63) is 53.9 Å². The molecule has 0 saturated heterocycles. The van der Waals surface area contributed by atoms with Crippen LogP contribution in [0.2, 0.25) is 0 Å². The van der Waals surface area contributed by atoms with E-state index in [0.29, 0.717) is 5.56 Å². The number of amides is 1. The first-order valence-corrected chi connectivity index (χ1v) is 5.66. The highest BCUT2D eigenvalue weighted by molar-refractivity contribution is 5.93. The summed E-state index contributed by atoms with van der Waals surface area (Å²) in [7, 11) is 0. The lowest BCUT2D eigenvalue weighted by molar-refractivity contribution is 0.0935. The van der Waals surface area contributed by atoms with Crippen molar-refractivity contribution >= 4 is 5.91 Å². The van der Waals surface area contributed by atoms with Gasteiger partial charge in [-0.1, -0.05) is 37.3 Å². The van der Waals surface area contributed by atoms with Crippen molar-refractivity contribution in [3.63, 3.8) is 0 Å². The molecule has 4 heteroatoms. The van der Waals surface area contributed by atoms with Crippen molar-refractivity contribution in [2.75, 3.05) is 0 Å². The summed E-state index contributed by atoms with van der Waals surface area (Å²) in [5, 5.41) is 9.38. The smallest absolute Gasteiger partial charge is 0.254 e. The molecular weight excluding hydrogens is 214 g/mol. The number of rotatable bonds is 4. The summed E-state index contributed by atoms with van der Waals surface area (Å²) in [6.45, 7) is 2.05. The molecule has 0 aliphatic rings. The van der Waals surface area contributed by atoms with Crippen LogP contribution in [0.5, 0.6) is 0 Å². The van der Waals surface area contributed by atoms with Crippen molar-refractivity contribution in [2.45, 2.75) is 19.4 Å². The molecule has 0 radical (unpaired) electrons. The Kier molecular flexibility index (Phi) is 3.55. The van der Waals surface area contributed by atoms with Gasteiger partial charge in [-0.15, -0.1) is 0 Å². The molecule has 88 valence electrons. The molecule has 1 aromatic heterocycles. The Bertz CT molecular complexity index is 465. The number of nitrogens with zero attached hydrogens (tertiary/aromatic N) is 1. The summed E-state index contributed by atoms with van der Waals surface area (Å²) < 4.78 is 0. The highest BCUT2D eigenvalue weighted by Crippen LogP contribution is 2.16. The quantitative estimate of drug-likeness (QED) is 0.845. The standard InChI is InChI=1S/C13H15N3O/c1-2-12(10-6-4-3-5-7-10)16-13(17)11-8-14-15-9-11/h3-9,12H,2H2,1H3,(H,14,15)(H,16,17). The second-order valence-electron chi connectivity index (χ2n) is 3.83. The van der Waals surface area contributed by atoms with E-state index in [1.165, 1.54) is 6.20 Å². The second kappa shape index (κ2) is 5.30. The molecule has 2 aromatic rings. The summed E-state index contributed by atoms with van der Waals surface area (Å²) in [6, 6.07) is 9.99. The minimum atomic E-state index is -0.102. The van der Waals surface area contributed by atoms with Crippen LogP contribution in [-0.4, -0.2) is 16.1 Å². The number of aromatic amines is 1. The Labute approximate surface area is 100 Å². The zero-order valence-corrected chi connectivity index (χ0v) is 9.68. The van der Waals surface area contributed by atoms with Gasteiger partial charge in [0.2, 0.25) is 0 Å². The van der Waals surface area contributed by atoms with Crippen LogP contribution in [0.1, 0.15) is 35.3 Å². The largest absolute Gasteiger partial charge is 0.345 e. The summed E-state index contributed by atoms with van der Waals surface area (Å²) in [6.07, 6.45) is 3.97. The molecule has 1 unspecified atom stereocenters. The number of H-pyrrole nitrogens is 1. The molecular formula is C13H15N3O. The molecule has 4 nitrogen and oxygen atoms in total. The Hall–Kier alpha value is -2.10. The van der Waals surface area contributed by atoms with E-state index >= 15 is 0 Å². The third-order valence-corrected chi connectivity index (χ3v) is 2.68. The van der Waals surface area contributed by atoms with Crippen LogP contribution in [-0.2, 0) is 0 Å². The molecule has 0 bridgehead atoms. The fraction of sp³-hybridized carbons (Fsp3) is 0.231. The molecule has 0 fully saturated rings. The number of nitrogens with one attached hydrogen (secondary N) is 2. The van der Waals surface area contributed by atoms with Gasteiger partial charge in [-0.2, -0.15) is 5.10 Å². The van der Waals surface area contributed by atoms with Gasteiger partial charge in [-0.3, -0.25) is 9.89 Å². The summed E-state index contributed by atoms with van der Waals surface area (Å²) in [5.41, 5.74) is 1.67. The van der Waals surface area contributed by atoms with Gasteiger partial charge in [0.25, 0.3) is 5.91 Å². The Morgan fingerprint density at radius 1 is 1.41 bits per heavy atom. The number of hydrogen-bond donors (Lipinski definition) is 2. The molecule has 1 atom stereocenters. The van der Waals surface area contributed by atoms with Crippen LogP contribution < -0.4 is 5.32 Å². The number of aromatic nitrogens is 2. The number of benzene rings is 1. The van der Waals surface area contributed by atoms with Gasteiger partial charge in [0, 0.05) is 6.20 Å². The normalized spacial score (nSPS) is 12.1. The third-order valence-electron chi connectivity index (χ3n) is 2.68. The van der Waals surface area contributed by atoms with E-state index in [4.69, 9.17) is 0 Å². The lowest BCUT2D eigenvalue weighted by Gasteiger charge is -2.16. The van der Waals surface area contributed by atoms with Gasteiger partial charge in [-0.05, 0) is 12.0 Å². The Morgan fingerprint density at radius 3 is 2.76 bits per heavy atom. The molecule has 0 saturated carbocycles. The summed E-state index contributed by atoms with van der Waals surface area (Å²) in [5.74, 6) is -0.102. The maximum Gasteiger partial charge on any atom is 0.254 e. The van der Waals surface area contributed by atoms with Crippen molar-refractivity contribution in [1.29, 1.82) is 0 Å². The van der Waals surface area contributed by atoms with Gasteiger partial charge < -0.3 is 5.32 Å². The molecule has 1 amide bonds. The highest BCUT2D eigenvalue weighted by Gasteiger charge is 2.14. The number of carbonyl (C=O) groups is 1. The Balaban J connectivity index is 2.09. The van der Waals surface area contributed by atoms with Gasteiger partial charge in [0.05, 0.1) is 17.8 Å². The lowest BCUT2D eigenvalue weighted by Crippen LogP contribution is -2.27. The van der Waals surface area contributed by atoms with Crippen LogP contribution >= 0.6 is 0 Å². The van der Waals surface area contributed by atoms with Crippen LogP contribution in [0, 0.1) is 0 Å². The monoisotopic (exact) mass is 229 g/mol. The zero-order valence-electron chi connectivity index (χ0n) is 9.68. The molecule has 0 spiro atoms. The van der Waals surface area contributed by atoms with E-state index in [-0.39, 0.29) is 11.9 Å². The van der Waals surface area contributed by atoms with E-state index in [2.05, 4.69) is 15.5 Å². The zero-order chi connectivity index (χ0) is 12.1. The predicted molar refractivity (Wildman–Crippen MR) is 65.5 cm³/mol. The summed E-state index contributed by atoms with van der Waals surface area (Å²) in [4.78, 5) is 11.9. The van der Waals surface area contributed by atoms with Gasteiger partial charge in [0.15, 0.2) is 0 Å². The average molecular weight is 229 g/mol. The molecule has 0 aliphatic carbocycles. The van der Waals surface area contributed by atoms with E-state index in [1.54, 1.807) is 6.20 Å². The van der Waals surface area contributed by atoms with Crippen LogP contribution in [0.4, 0.5) is 0 Å². The third kappa shape index (κ3) is 2.72. The minimum Gasteiger partial charge on any atom is -0.345 e. The van der Waals surface area contributed by atoms with Gasteiger partial charge in [-0.25, -0.2) is 0 Å². The van der Waals surface area contributed by atoms with Crippen molar-refractivity contribution in [3.8, 4) is 0 Å². The van der Waals surface area contributed by atoms with E-state index in [1.807, 2.05) is 37.3 Å². The minimum absolute atomic E-state index is 0.0404. The maximum atomic E-state index is 11.9. The maximum absolute atomic E-state index is 11.9.